The predicted molar refractivity (Wildman–Crippen MR) is 178 cm³/mol. The first-order chi connectivity index (χ1) is 20.8. The van der Waals surface area contributed by atoms with E-state index >= 15 is 0 Å². The third-order valence-electron chi connectivity index (χ3n) is 7.53. The molecule has 3 heterocycles. The summed E-state index contributed by atoms with van der Waals surface area (Å²) < 4.78 is 46.7. The summed E-state index contributed by atoms with van der Waals surface area (Å²) in [6.45, 7) is 11.2. The molecule has 0 bridgehead atoms. The summed E-state index contributed by atoms with van der Waals surface area (Å²) >= 11 is 3.45. The molecular formula is C31H39FN6O3S3. The summed E-state index contributed by atoms with van der Waals surface area (Å²) in [5.74, 6) is 1.35. The topological polar surface area (TPSA) is 119 Å². The molecule has 0 amide bonds. The quantitative estimate of drug-likeness (QED) is 0.165. The average Bonchev–Trinajstić information content (AvgIpc) is 3.57. The molecule has 44 heavy (non-hydrogen) atoms. The molecule has 2 atom stereocenters. The number of halogens is 1. The third-order valence-corrected chi connectivity index (χ3v) is 11.7. The third kappa shape index (κ3) is 7.60. The molecule has 0 spiro atoms. The first-order valence-corrected chi connectivity index (χ1v) is 18.1. The second kappa shape index (κ2) is 13.1. The number of fused-ring (bicyclic) bond motifs is 1. The van der Waals surface area contributed by atoms with Crippen LogP contribution in [0.4, 0.5) is 16.2 Å². The summed E-state index contributed by atoms with van der Waals surface area (Å²) in [4.78, 5) is 19.0. The van der Waals surface area contributed by atoms with Gasteiger partial charge in [-0.1, -0.05) is 20.8 Å². The van der Waals surface area contributed by atoms with E-state index < -0.39 is 15.7 Å². The molecule has 9 nitrogen and oxygen atoms in total. The maximum atomic E-state index is 14.3. The van der Waals surface area contributed by atoms with Crippen LogP contribution in [0, 0.1) is 25.6 Å². The van der Waals surface area contributed by atoms with Gasteiger partial charge in [0.25, 0.3) is 0 Å². The Balaban J connectivity index is 1.37. The van der Waals surface area contributed by atoms with Crippen LogP contribution >= 0.6 is 23.1 Å². The van der Waals surface area contributed by atoms with E-state index in [1.54, 1.807) is 17.5 Å². The number of aromatic nitrogens is 4. The van der Waals surface area contributed by atoms with Crippen LogP contribution in [0.15, 0.2) is 35.4 Å². The maximum absolute atomic E-state index is 14.3. The Labute approximate surface area is 266 Å². The molecule has 1 aromatic carbocycles. The number of ether oxygens (including phenoxy) is 1. The lowest BCUT2D eigenvalue weighted by Crippen LogP contribution is -2.21. The van der Waals surface area contributed by atoms with E-state index in [1.165, 1.54) is 19.2 Å². The lowest BCUT2D eigenvalue weighted by molar-refractivity contribution is 0.385. The molecule has 4 aromatic rings. The average molecular weight is 659 g/mol. The fraction of sp³-hybridized carbons (Fsp3) is 0.484. The number of nitrogens with zero attached hydrogens (tertiary/aromatic N) is 4. The van der Waals surface area contributed by atoms with E-state index in [1.807, 2.05) is 31.7 Å². The Hall–Kier alpha value is -3.03. The first kappa shape index (κ1) is 32.4. The highest BCUT2D eigenvalue weighted by Crippen LogP contribution is 2.39. The highest BCUT2D eigenvalue weighted by atomic mass is 32.2. The van der Waals surface area contributed by atoms with Gasteiger partial charge in [0.1, 0.15) is 16.3 Å². The monoisotopic (exact) mass is 658 g/mol. The van der Waals surface area contributed by atoms with Gasteiger partial charge in [-0.05, 0) is 63.3 Å². The van der Waals surface area contributed by atoms with Crippen LogP contribution in [-0.2, 0) is 9.84 Å². The minimum Gasteiger partial charge on any atom is -0.494 e. The summed E-state index contributed by atoms with van der Waals surface area (Å²) in [6.07, 6.45) is 3.95. The van der Waals surface area contributed by atoms with Gasteiger partial charge in [0, 0.05) is 29.3 Å². The Morgan fingerprint density at radius 2 is 1.91 bits per heavy atom. The van der Waals surface area contributed by atoms with Crippen molar-refractivity contribution in [3.8, 4) is 16.3 Å². The van der Waals surface area contributed by atoms with Gasteiger partial charge in [-0.3, -0.25) is 4.98 Å². The van der Waals surface area contributed by atoms with E-state index in [0.717, 1.165) is 63.4 Å². The highest BCUT2D eigenvalue weighted by Gasteiger charge is 2.31. The van der Waals surface area contributed by atoms with Crippen molar-refractivity contribution in [1.29, 1.82) is 0 Å². The number of aryl methyl sites for hydroxylation is 2. The van der Waals surface area contributed by atoms with Crippen molar-refractivity contribution in [2.45, 2.75) is 69.6 Å². The van der Waals surface area contributed by atoms with Gasteiger partial charge in [0.15, 0.2) is 21.4 Å². The molecule has 2 N–H and O–H groups in total. The van der Waals surface area contributed by atoms with Crippen LogP contribution in [0.2, 0.25) is 0 Å². The number of rotatable bonds is 11. The van der Waals surface area contributed by atoms with Gasteiger partial charge >= 0.3 is 0 Å². The van der Waals surface area contributed by atoms with E-state index in [4.69, 9.17) is 19.7 Å². The number of hydrogen-bond acceptors (Lipinski definition) is 11. The molecule has 0 unspecified atom stereocenters. The minimum absolute atomic E-state index is 0.0120. The van der Waals surface area contributed by atoms with Crippen molar-refractivity contribution in [3.05, 3.63) is 47.7 Å². The summed E-state index contributed by atoms with van der Waals surface area (Å²) in [7, 11) is -2.32. The van der Waals surface area contributed by atoms with Crippen LogP contribution in [0.1, 0.15) is 51.4 Å². The Kier molecular flexibility index (Phi) is 9.66. The summed E-state index contributed by atoms with van der Waals surface area (Å²) in [6, 6.07) is 5.78. The largest absolute Gasteiger partial charge is 0.494 e. The summed E-state index contributed by atoms with van der Waals surface area (Å²) in [5.41, 5.74) is 3.37. The molecule has 236 valence electrons. The molecule has 5 rings (SSSR count). The zero-order chi connectivity index (χ0) is 31.6. The second-order valence-electron chi connectivity index (χ2n) is 12.1. The van der Waals surface area contributed by atoms with Gasteiger partial charge < -0.3 is 15.4 Å². The SMILES string of the molecule is COc1ccc(S(=O)(=O)C[C@H]2CC[C@@H](Nc3nc(NCCSC(C)(C)C)nc(C)c3-c3nc4c(C)nccc4s3)C2)cc1F. The predicted octanol–water partition coefficient (Wildman–Crippen LogP) is 6.91. The van der Waals surface area contributed by atoms with E-state index in [9.17, 15) is 12.8 Å². The standard InChI is InChI=1S/C31H39FN6O3S3/c1-18-26(29-37-27-19(2)33-12-11-25(27)43-29)28(38-30(35-18)34-13-14-42-31(3,4)5)36-21-8-7-20(15-21)17-44(39,40)22-9-10-24(41-6)23(32)16-22/h9-12,16,20-21H,7-8,13-15,17H2,1-6H3,(H2,34,35,36,38)/t20-,21+/m0/s1. The number of benzene rings is 1. The minimum atomic E-state index is -3.67. The fourth-order valence-electron chi connectivity index (χ4n) is 5.42. The second-order valence-corrected chi connectivity index (χ2v) is 17.1. The van der Waals surface area contributed by atoms with Crippen molar-refractivity contribution in [2.24, 2.45) is 5.92 Å². The normalized spacial score (nSPS) is 17.2. The smallest absolute Gasteiger partial charge is 0.224 e. The molecular weight excluding hydrogens is 620 g/mol. The number of anilines is 2. The highest BCUT2D eigenvalue weighted by molar-refractivity contribution is 8.00. The molecule has 1 saturated carbocycles. The number of methoxy groups -OCH3 is 1. The van der Waals surface area contributed by atoms with Crippen molar-refractivity contribution in [3.63, 3.8) is 0 Å². The van der Waals surface area contributed by atoms with Crippen molar-refractivity contribution >= 4 is 54.9 Å². The first-order valence-electron chi connectivity index (χ1n) is 14.6. The van der Waals surface area contributed by atoms with E-state index in [0.29, 0.717) is 18.2 Å². The molecule has 1 fully saturated rings. The number of hydrogen-bond donors (Lipinski definition) is 2. The molecule has 1 aliphatic carbocycles. The number of pyridine rings is 1. The van der Waals surface area contributed by atoms with Gasteiger partial charge in [-0.2, -0.15) is 16.7 Å². The number of thioether (sulfide) groups is 1. The molecule has 0 radical (unpaired) electrons. The van der Waals surface area contributed by atoms with Gasteiger partial charge in [-0.15, -0.1) is 11.3 Å². The van der Waals surface area contributed by atoms with E-state index in [2.05, 4.69) is 36.4 Å². The van der Waals surface area contributed by atoms with Gasteiger partial charge in [0.2, 0.25) is 5.95 Å². The van der Waals surface area contributed by atoms with Crippen LogP contribution in [0.25, 0.3) is 20.8 Å². The molecule has 1 aliphatic rings. The molecule has 0 saturated heterocycles. The zero-order valence-corrected chi connectivity index (χ0v) is 28.3. The van der Waals surface area contributed by atoms with E-state index in [-0.39, 0.29) is 33.1 Å². The van der Waals surface area contributed by atoms with Crippen LogP contribution in [-0.4, -0.2) is 64.3 Å². The molecule has 3 aromatic heterocycles. The number of nitrogens with one attached hydrogen (secondary N) is 2. The van der Waals surface area contributed by atoms with Gasteiger partial charge in [-0.25, -0.2) is 22.8 Å². The Morgan fingerprint density at radius 3 is 2.61 bits per heavy atom. The lowest BCUT2D eigenvalue weighted by Gasteiger charge is -2.19. The van der Waals surface area contributed by atoms with Crippen molar-refractivity contribution in [1.82, 2.24) is 19.9 Å². The van der Waals surface area contributed by atoms with Crippen LogP contribution < -0.4 is 15.4 Å². The van der Waals surface area contributed by atoms with Crippen LogP contribution in [0.3, 0.4) is 0 Å². The zero-order valence-electron chi connectivity index (χ0n) is 25.9. The molecule has 0 aliphatic heterocycles. The summed E-state index contributed by atoms with van der Waals surface area (Å²) in [5, 5.41) is 7.82. The van der Waals surface area contributed by atoms with Crippen LogP contribution in [0.5, 0.6) is 5.75 Å². The van der Waals surface area contributed by atoms with Gasteiger partial charge in [0.05, 0.1) is 39.4 Å². The Morgan fingerprint density at radius 1 is 1.11 bits per heavy atom. The fourth-order valence-corrected chi connectivity index (χ4v) is 9.02. The Bertz CT molecular complexity index is 1760. The molecule has 13 heteroatoms. The lowest BCUT2D eigenvalue weighted by atomic mass is 10.1. The maximum Gasteiger partial charge on any atom is 0.224 e. The number of thiazole rings is 1. The number of sulfone groups is 1. The van der Waals surface area contributed by atoms with Crippen molar-refractivity contribution in [2.75, 3.05) is 35.8 Å². The van der Waals surface area contributed by atoms with Crippen molar-refractivity contribution < 1.29 is 17.5 Å².